The smallest absolute Gasteiger partial charge is 0.295 e. The normalized spacial score (nSPS) is 11.8. The highest BCUT2D eigenvalue weighted by Crippen LogP contribution is 2.34. The van der Waals surface area contributed by atoms with Crippen molar-refractivity contribution in [2.45, 2.75) is 6.61 Å². The van der Waals surface area contributed by atoms with Gasteiger partial charge in [-0.25, -0.2) is 0 Å². The molecule has 0 radical (unpaired) electrons. The third kappa shape index (κ3) is 4.01. The molecule has 148 valence electrons. The number of hydrogen-bond donors (Lipinski definition) is 1. The van der Waals surface area contributed by atoms with E-state index in [9.17, 15) is 9.59 Å². The van der Waals surface area contributed by atoms with Gasteiger partial charge in [-0.3, -0.25) is 9.59 Å². The van der Waals surface area contributed by atoms with E-state index in [-0.39, 0.29) is 19.0 Å². The first kappa shape index (κ1) is 18.4. The molecule has 2 heterocycles. The van der Waals surface area contributed by atoms with Crippen LogP contribution in [0.3, 0.4) is 0 Å². The zero-order chi connectivity index (χ0) is 20.2. The summed E-state index contributed by atoms with van der Waals surface area (Å²) in [5.74, 6) is 1.29. The summed E-state index contributed by atoms with van der Waals surface area (Å²) < 4.78 is 16.7. The molecule has 0 atom stereocenters. The number of pyridine rings is 1. The maximum absolute atomic E-state index is 12.6. The standard InChI is InChI=1S/C21H18N2O6/c1-26-16-5-2-4-14(10-16)12-29-23-9-3-6-17(21(23)25)20(24)22-15-7-8-18-19(11-15)28-13-27-18/h2-11H,12-13H2,1H3,(H,22,24). The first-order valence-corrected chi connectivity index (χ1v) is 8.83. The number of fused-ring (bicyclic) bond motifs is 1. The van der Waals surface area contributed by atoms with Crippen LogP contribution in [0.5, 0.6) is 17.2 Å². The average Bonchev–Trinajstić information content (AvgIpc) is 3.21. The van der Waals surface area contributed by atoms with Crippen LogP contribution in [0.25, 0.3) is 0 Å². The van der Waals surface area contributed by atoms with Crippen LogP contribution in [0.1, 0.15) is 15.9 Å². The number of carbonyl (C=O) groups excluding carboxylic acids is 1. The lowest BCUT2D eigenvalue weighted by Crippen LogP contribution is -2.32. The van der Waals surface area contributed by atoms with Crippen LogP contribution in [0, 0.1) is 0 Å². The molecule has 2 aromatic carbocycles. The predicted octanol–water partition coefficient (Wildman–Crippen LogP) is 2.47. The number of anilines is 1. The van der Waals surface area contributed by atoms with Crippen LogP contribution in [-0.2, 0) is 6.61 Å². The highest BCUT2D eigenvalue weighted by atomic mass is 16.7. The summed E-state index contributed by atoms with van der Waals surface area (Å²) in [6.07, 6.45) is 1.46. The average molecular weight is 394 g/mol. The molecule has 8 nitrogen and oxygen atoms in total. The van der Waals surface area contributed by atoms with E-state index in [1.165, 1.54) is 12.3 Å². The number of nitrogens with one attached hydrogen (secondary N) is 1. The molecule has 0 aliphatic carbocycles. The molecular formula is C21H18N2O6. The van der Waals surface area contributed by atoms with Gasteiger partial charge in [0.15, 0.2) is 11.5 Å². The lowest BCUT2D eigenvalue weighted by atomic mass is 10.2. The molecule has 29 heavy (non-hydrogen) atoms. The molecule has 1 aliphatic rings. The van der Waals surface area contributed by atoms with E-state index in [0.717, 1.165) is 10.3 Å². The topological polar surface area (TPSA) is 88.0 Å². The first-order valence-electron chi connectivity index (χ1n) is 8.83. The lowest BCUT2D eigenvalue weighted by Gasteiger charge is -2.11. The van der Waals surface area contributed by atoms with Crippen LogP contribution >= 0.6 is 0 Å². The van der Waals surface area contributed by atoms with Crippen molar-refractivity contribution >= 4 is 11.6 Å². The van der Waals surface area contributed by atoms with Crippen LogP contribution < -0.4 is 29.9 Å². The number of hydrogen-bond acceptors (Lipinski definition) is 6. The van der Waals surface area contributed by atoms with Gasteiger partial charge < -0.3 is 24.4 Å². The van der Waals surface area contributed by atoms with E-state index in [4.69, 9.17) is 19.0 Å². The first-order chi connectivity index (χ1) is 14.1. The van der Waals surface area contributed by atoms with E-state index >= 15 is 0 Å². The number of ether oxygens (including phenoxy) is 3. The summed E-state index contributed by atoms with van der Waals surface area (Å²) in [4.78, 5) is 30.8. The molecule has 1 amide bonds. The van der Waals surface area contributed by atoms with Gasteiger partial charge in [0, 0.05) is 18.0 Å². The molecule has 1 aliphatic heterocycles. The van der Waals surface area contributed by atoms with Gasteiger partial charge in [0.1, 0.15) is 17.9 Å². The molecule has 0 saturated carbocycles. The van der Waals surface area contributed by atoms with Crippen molar-refractivity contribution in [3.63, 3.8) is 0 Å². The van der Waals surface area contributed by atoms with Crippen LogP contribution in [0.15, 0.2) is 65.6 Å². The quantitative estimate of drug-likeness (QED) is 0.691. The van der Waals surface area contributed by atoms with Gasteiger partial charge in [0.05, 0.1) is 7.11 Å². The predicted molar refractivity (Wildman–Crippen MR) is 104 cm³/mol. The molecule has 0 spiro atoms. The van der Waals surface area contributed by atoms with Crippen molar-refractivity contribution in [3.8, 4) is 17.2 Å². The van der Waals surface area contributed by atoms with Gasteiger partial charge in [0.2, 0.25) is 6.79 Å². The molecular weight excluding hydrogens is 376 g/mol. The number of rotatable bonds is 6. The molecule has 0 fully saturated rings. The highest BCUT2D eigenvalue weighted by molar-refractivity contribution is 6.04. The van der Waals surface area contributed by atoms with Gasteiger partial charge in [0.25, 0.3) is 11.5 Å². The molecule has 4 rings (SSSR count). The second kappa shape index (κ2) is 7.97. The summed E-state index contributed by atoms with van der Waals surface area (Å²) >= 11 is 0. The third-order valence-corrected chi connectivity index (χ3v) is 4.29. The van der Waals surface area contributed by atoms with Crippen molar-refractivity contribution in [1.82, 2.24) is 4.73 Å². The lowest BCUT2D eigenvalue weighted by molar-refractivity contribution is 0.0862. The maximum Gasteiger partial charge on any atom is 0.295 e. The molecule has 1 N–H and O–H groups in total. The van der Waals surface area contributed by atoms with E-state index < -0.39 is 11.5 Å². The minimum Gasteiger partial charge on any atom is -0.497 e. The SMILES string of the molecule is COc1cccc(COn2cccc(C(=O)Nc3ccc4c(c3)OCO4)c2=O)c1. The van der Waals surface area contributed by atoms with Crippen LogP contribution in [0.2, 0.25) is 0 Å². The van der Waals surface area contributed by atoms with Crippen molar-refractivity contribution in [1.29, 1.82) is 0 Å². The summed E-state index contributed by atoms with van der Waals surface area (Å²) in [5, 5.41) is 2.68. The summed E-state index contributed by atoms with van der Waals surface area (Å²) in [5.41, 5.74) is 0.710. The molecule has 3 aromatic rings. The van der Waals surface area contributed by atoms with E-state index in [0.29, 0.717) is 22.9 Å². The number of amides is 1. The van der Waals surface area contributed by atoms with E-state index in [1.54, 1.807) is 37.4 Å². The fourth-order valence-electron chi connectivity index (χ4n) is 2.83. The Balaban J connectivity index is 1.48. The third-order valence-electron chi connectivity index (χ3n) is 4.29. The van der Waals surface area contributed by atoms with Crippen molar-refractivity contribution < 1.29 is 23.8 Å². The Labute approximate surface area is 166 Å². The van der Waals surface area contributed by atoms with Crippen molar-refractivity contribution in [2.75, 3.05) is 19.2 Å². The van der Waals surface area contributed by atoms with Gasteiger partial charge in [-0.2, -0.15) is 4.73 Å². The minimum absolute atomic E-state index is 0.0455. The van der Waals surface area contributed by atoms with Crippen LogP contribution in [-0.4, -0.2) is 24.5 Å². The van der Waals surface area contributed by atoms with E-state index in [2.05, 4.69) is 5.32 Å². The second-order valence-electron chi connectivity index (χ2n) is 6.20. The molecule has 8 heteroatoms. The molecule has 0 bridgehead atoms. The molecule has 0 saturated heterocycles. The minimum atomic E-state index is -0.561. The van der Waals surface area contributed by atoms with Crippen molar-refractivity contribution in [2.24, 2.45) is 0 Å². The highest BCUT2D eigenvalue weighted by Gasteiger charge is 2.17. The zero-order valence-electron chi connectivity index (χ0n) is 15.6. The summed E-state index contributed by atoms with van der Waals surface area (Å²) in [6, 6.07) is 15.3. The van der Waals surface area contributed by atoms with Gasteiger partial charge in [-0.05, 0) is 42.0 Å². The Kier molecular flexibility index (Phi) is 5.07. The molecule has 0 unspecified atom stereocenters. The maximum atomic E-state index is 12.6. The van der Waals surface area contributed by atoms with E-state index in [1.807, 2.05) is 18.2 Å². The van der Waals surface area contributed by atoms with Crippen LogP contribution in [0.4, 0.5) is 5.69 Å². The monoisotopic (exact) mass is 394 g/mol. The van der Waals surface area contributed by atoms with Crippen molar-refractivity contribution in [3.05, 3.63) is 82.3 Å². The fourth-order valence-corrected chi connectivity index (χ4v) is 2.83. The Bertz CT molecular complexity index is 1110. The van der Waals surface area contributed by atoms with Gasteiger partial charge >= 0.3 is 0 Å². The number of carbonyl (C=O) groups is 1. The number of benzene rings is 2. The van der Waals surface area contributed by atoms with Gasteiger partial charge in [-0.15, -0.1) is 0 Å². The Morgan fingerprint density at radius 2 is 1.97 bits per heavy atom. The Hall–Kier alpha value is -3.94. The number of nitrogens with zero attached hydrogens (tertiary/aromatic N) is 1. The summed E-state index contributed by atoms with van der Waals surface area (Å²) in [6.45, 7) is 0.283. The number of methoxy groups -OCH3 is 1. The molecule has 1 aromatic heterocycles. The second-order valence-corrected chi connectivity index (χ2v) is 6.20. The zero-order valence-corrected chi connectivity index (χ0v) is 15.6. The van der Waals surface area contributed by atoms with Gasteiger partial charge in [-0.1, -0.05) is 12.1 Å². The summed E-state index contributed by atoms with van der Waals surface area (Å²) in [7, 11) is 1.58. The fraction of sp³-hybridized carbons (Fsp3) is 0.143. The Morgan fingerprint density at radius 1 is 1.10 bits per heavy atom. The number of aromatic nitrogens is 1. The largest absolute Gasteiger partial charge is 0.497 e. The Morgan fingerprint density at radius 3 is 2.83 bits per heavy atom.